The van der Waals surface area contributed by atoms with Gasteiger partial charge in [0, 0.05) is 12.2 Å². The van der Waals surface area contributed by atoms with E-state index in [9.17, 15) is 9.59 Å². The van der Waals surface area contributed by atoms with Crippen LogP contribution in [0.2, 0.25) is 0 Å². The zero-order chi connectivity index (χ0) is 15.2. The van der Waals surface area contributed by atoms with Crippen LogP contribution in [0.15, 0.2) is 24.3 Å². The Morgan fingerprint density at radius 1 is 1.33 bits per heavy atom. The quantitative estimate of drug-likeness (QED) is 0.708. The Balaban J connectivity index is 1.85. The summed E-state index contributed by atoms with van der Waals surface area (Å²) in [5.41, 5.74) is 6.10. The molecule has 0 radical (unpaired) electrons. The number of benzene rings is 1. The smallest absolute Gasteiger partial charge is 0.341 e. The van der Waals surface area contributed by atoms with E-state index in [-0.39, 0.29) is 12.0 Å². The van der Waals surface area contributed by atoms with Crippen LogP contribution in [0.25, 0.3) is 0 Å². The van der Waals surface area contributed by atoms with Gasteiger partial charge in [-0.15, -0.1) is 0 Å². The molecular weight excluding hydrogens is 276 g/mol. The van der Waals surface area contributed by atoms with E-state index in [2.05, 4.69) is 5.32 Å². The van der Waals surface area contributed by atoms with Gasteiger partial charge in [-0.3, -0.25) is 4.79 Å². The van der Waals surface area contributed by atoms with Crippen LogP contribution in [0.4, 0.5) is 5.69 Å². The molecule has 2 rings (SSSR count). The maximum absolute atomic E-state index is 12.0. The van der Waals surface area contributed by atoms with Crippen molar-refractivity contribution in [2.45, 2.75) is 25.0 Å². The van der Waals surface area contributed by atoms with Crippen LogP contribution in [0.3, 0.4) is 0 Å². The normalized spacial score (nSPS) is 21.0. The maximum Gasteiger partial charge on any atom is 0.341 e. The molecule has 7 heteroatoms. The second-order valence-electron chi connectivity index (χ2n) is 4.76. The van der Waals surface area contributed by atoms with Crippen LogP contribution in [-0.2, 0) is 14.3 Å². The summed E-state index contributed by atoms with van der Waals surface area (Å²) in [6, 6.07) is 6.47. The van der Waals surface area contributed by atoms with Gasteiger partial charge in [-0.2, -0.15) is 0 Å². The summed E-state index contributed by atoms with van der Waals surface area (Å²) >= 11 is 0. The zero-order valence-corrected chi connectivity index (χ0v) is 11.5. The van der Waals surface area contributed by atoms with Gasteiger partial charge in [-0.25, -0.2) is 4.79 Å². The molecule has 114 valence electrons. The molecule has 1 aliphatic rings. The Bertz CT molecular complexity index is 503. The van der Waals surface area contributed by atoms with Gasteiger partial charge in [-0.05, 0) is 37.1 Å². The number of hydrogen-bond acceptors (Lipinski definition) is 5. The number of carbonyl (C=O) groups is 2. The average molecular weight is 294 g/mol. The molecule has 21 heavy (non-hydrogen) atoms. The summed E-state index contributed by atoms with van der Waals surface area (Å²) in [6.07, 6.45) is 0.929. The highest BCUT2D eigenvalue weighted by atomic mass is 16.5. The number of rotatable bonds is 6. The predicted molar refractivity (Wildman–Crippen MR) is 75.2 cm³/mol. The lowest BCUT2D eigenvalue weighted by molar-refractivity contribution is -0.139. The van der Waals surface area contributed by atoms with Crippen molar-refractivity contribution in [2.75, 3.05) is 18.5 Å². The van der Waals surface area contributed by atoms with E-state index < -0.39 is 18.7 Å². The average Bonchev–Trinajstić information content (AvgIpc) is 2.95. The van der Waals surface area contributed by atoms with Crippen molar-refractivity contribution in [2.24, 2.45) is 5.73 Å². The van der Waals surface area contributed by atoms with Crippen molar-refractivity contribution in [3.8, 4) is 5.75 Å². The lowest BCUT2D eigenvalue weighted by atomic mass is 10.2. The predicted octanol–water partition coefficient (Wildman–Crippen LogP) is 0.595. The Kier molecular flexibility index (Phi) is 5.13. The first-order chi connectivity index (χ1) is 10.1. The van der Waals surface area contributed by atoms with E-state index in [4.69, 9.17) is 20.3 Å². The van der Waals surface area contributed by atoms with E-state index in [1.54, 1.807) is 24.3 Å². The molecule has 0 spiro atoms. The Hall–Kier alpha value is -2.12. The molecule has 4 N–H and O–H groups in total. The van der Waals surface area contributed by atoms with Crippen molar-refractivity contribution >= 4 is 17.6 Å². The van der Waals surface area contributed by atoms with Crippen LogP contribution >= 0.6 is 0 Å². The zero-order valence-electron chi connectivity index (χ0n) is 11.5. The molecule has 0 bridgehead atoms. The molecule has 7 nitrogen and oxygen atoms in total. The van der Waals surface area contributed by atoms with Crippen LogP contribution in [0.5, 0.6) is 5.75 Å². The summed E-state index contributed by atoms with van der Waals surface area (Å²) in [6.45, 7) is 0.0154. The number of hydrogen-bond donors (Lipinski definition) is 3. The van der Waals surface area contributed by atoms with Crippen LogP contribution in [0.1, 0.15) is 12.8 Å². The third-order valence-electron chi connectivity index (χ3n) is 3.15. The van der Waals surface area contributed by atoms with Crippen molar-refractivity contribution in [3.05, 3.63) is 24.3 Å². The minimum absolute atomic E-state index is 0.0486. The fourth-order valence-corrected chi connectivity index (χ4v) is 2.07. The number of carboxylic acid groups (broad SMARTS) is 1. The molecule has 2 unspecified atom stereocenters. The monoisotopic (exact) mass is 294 g/mol. The number of carbonyl (C=O) groups excluding carboxylic acids is 1. The summed E-state index contributed by atoms with van der Waals surface area (Å²) < 4.78 is 10.5. The van der Waals surface area contributed by atoms with Crippen LogP contribution in [0, 0.1) is 0 Å². The number of amides is 1. The minimum Gasteiger partial charge on any atom is -0.482 e. The molecule has 1 saturated heterocycles. The van der Waals surface area contributed by atoms with Gasteiger partial charge in [0.2, 0.25) is 0 Å². The largest absolute Gasteiger partial charge is 0.482 e. The topological polar surface area (TPSA) is 111 Å². The summed E-state index contributed by atoms with van der Waals surface area (Å²) in [5, 5.41) is 11.3. The molecular formula is C14H18N2O5. The Morgan fingerprint density at radius 2 is 2.05 bits per heavy atom. The molecule has 1 aromatic carbocycles. The molecule has 0 aromatic heterocycles. The first-order valence-electron chi connectivity index (χ1n) is 6.69. The molecule has 1 amide bonds. The van der Waals surface area contributed by atoms with Crippen LogP contribution in [-0.4, -0.2) is 42.3 Å². The fraction of sp³-hybridized carbons (Fsp3) is 0.429. The van der Waals surface area contributed by atoms with E-state index in [0.29, 0.717) is 24.4 Å². The van der Waals surface area contributed by atoms with Crippen molar-refractivity contribution in [1.82, 2.24) is 0 Å². The molecule has 1 fully saturated rings. The van der Waals surface area contributed by atoms with Crippen molar-refractivity contribution in [1.29, 1.82) is 0 Å². The summed E-state index contributed by atoms with van der Waals surface area (Å²) in [5.74, 6) is -0.818. The van der Waals surface area contributed by atoms with Gasteiger partial charge >= 0.3 is 5.97 Å². The third-order valence-corrected chi connectivity index (χ3v) is 3.15. The number of aliphatic carboxylic acids is 1. The number of anilines is 1. The number of nitrogens with two attached hydrogens (primary N) is 1. The Labute approximate surface area is 122 Å². The highest BCUT2D eigenvalue weighted by Crippen LogP contribution is 2.21. The van der Waals surface area contributed by atoms with Crippen LogP contribution < -0.4 is 15.8 Å². The lowest BCUT2D eigenvalue weighted by Gasteiger charge is -2.13. The van der Waals surface area contributed by atoms with E-state index in [1.165, 1.54) is 0 Å². The SMILES string of the molecule is NCC1CCC(C(=O)Nc2ccc(OCC(=O)O)cc2)O1. The van der Waals surface area contributed by atoms with E-state index in [1.807, 2.05) is 0 Å². The minimum atomic E-state index is -1.04. The highest BCUT2D eigenvalue weighted by molar-refractivity contribution is 5.94. The second kappa shape index (κ2) is 7.05. The molecule has 1 heterocycles. The van der Waals surface area contributed by atoms with Gasteiger partial charge in [0.25, 0.3) is 5.91 Å². The molecule has 1 aliphatic heterocycles. The van der Waals surface area contributed by atoms with Gasteiger partial charge in [0.1, 0.15) is 11.9 Å². The van der Waals surface area contributed by atoms with E-state index >= 15 is 0 Å². The summed E-state index contributed by atoms with van der Waals surface area (Å²) in [7, 11) is 0. The standard InChI is InChI=1S/C14H18N2O5/c15-7-11-5-6-12(21-11)14(19)16-9-1-3-10(4-2-9)20-8-13(17)18/h1-4,11-12H,5-8,15H2,(H,16,19)(H,17,18). The maximum atomic E-state index is 12.0. The Morgan fingerprint density at radius 3 is 2.62 bits per heavy atom. The van der Waals surface area contributed by atoms with Crippen molar-refractivity contribution < 1.29 is 24.2 Å². The molecule has 0 saturated carbocycles. The van der Waals surface area contributed by atoms with Gasteiger partial charge in [-0.1, -0.05) is 0 Å². The lowest BCUT2D eigenvalue weighted by Crippen LogP contribution is -2.29. The number of carboxylic acids is 1. The second-order valence-corrected chi connectivity index (χ2v) is 4.76. The first-order valence-corrected chi connectivity index (χ1v) is 6.69. The summed E-state index contributed by atoms with van der Waals surface area (Å²) in [4.78, 5) is 22.4. The first kappa shape index (κ1) is 15.3. The number of ether oxygens (including phenoxy) is 2. The van der Waals surface area contributed by atoms with Gasteiger partial charge < -0.3 is 25.6 Å². The molecule has 1 aromatic rings. The van der Waals surface area contributed by atoms with E-state index in [0.717, 1.165) is 6.42 Å². The number of nitrogens with one attached hydrogen (secondary N) is 1. The third kappa shape index (κ3) is 4.44. The fourth-order valence-electron chi connectivity index (χ4n) is 2.07. The van der Waals surface area contributed by atoms with Gasteiger partial charge in [0.15, 0.2) is 6.61 Å². The van der Waals surface area contributed by atoms with Crippen molar-refractivity contribution in [3.63, 3.8) is 0 Å². The molecule has 2 atom stereocenters. The molecule has 0 aliphatic carbocycles. The highest BCUT2D eigenvalue weighted by Gasteiger charge is 2.29. The van der Waals surface area contributed by atoms with Gasteiger partial charge in [0.05, 0.1) is 6.10 Å².